The van der Waals surface area contributed by atoms with E-state index in [9.17, 15) is 4.79 Å². The van der Waals surface area contributed by atoms with Gasteiger partial charge in [-0.3, -0.25) is 14.5 Å². The third-order valence-electron chi connectivity index (χ3n) is 3.78. The maximum Gasteiger partial charge on any atom is 0.252 e. The number of pyridine rings is 1. The Balaban J connectivity index is 1.74. The van der Waals surface area contributed by atoms with Crippen molar-refractivity contribution in [1.29, 1.82) is 0 Å². The second-order valence-electron chi connectivity index (χ2n) is 5.41. The van der Waals surface area contributed by atoms with Crippen LogP contribution >= 0.6 is 15.9 Å². The molecule has 25 heavy (non-hydrogen) atoms. The highest BCUT2D eigenvalue weighted by Gasteiger charge is 2.13. The minimum absolute atomic E-state index is 0.185. The van der Waals surface area contributed by atoms with Crippen LogP contribution in [0.2, 0.25) is 0 Å². The molecule has 7 heteroatoms. The molecule has 0 fully saturated rings. The summed E-state index contributed by atoms with van der Waals surface area (Å²) in [4.78, 5) is 16.6. The number of methoxy groups -OCH3 is 1. The Bertz CT molecular complexity index is 893. The zero-order valence-electron chi connectivity index (χ0n) is 13.9. The average Bonchev–Trinajstić information content (AvgIpc) is 3.01. The fraction of sp³-hybridized carbons (Fsp3) is 0.167. The number of amides is 1. The molecule has 1 N–H and O–H groups in total. The van der Waals surface area contributed by atoms with E-state index in [1.54, 1.807) is 42.4 Å². The molecule has 0 saturated carbocycles. The van der Waals surface area contributed by atoms with Crippen LogP contribution in [-0.2, 0) is 13.6 Å². The van der Waals surface area contributed by atoms with Gasteiger partial charge in [-0.15, -0.1) is 0 Å². The number of rotatable bonds is 5. The molecule has 3 aromatic rings. The number of aromatic nitrogens is 3. The summed E-state index contributed by atoms with van der Waals surface area (Å²) in [6.07, 6.45) is 3.48. The number of nitrogens with zero attached hydrogens (tertiary/aromatic N) is 3. The molecule has 0 unspecified atom stereocenters. The lowest BCUT2D eigenvalue weighted by Crippen LogP contribution is -2.24. The van der Waals surface area contributed by atoms with Crippen molar-refractivity contribution in [1.82, 2.24) is 20.1 Å². The van der Waals surface area contributed by atoms with E-state index in [1.165, 1.54) is 0 Å². The smallest absolute Gasteiger partial charge is 0.252 e. The first kappa shape index (κ1) is 17.2. The van der Waals surface area contributed by atoms with Gasteiger partial charge in [0, 0.05) is 29.5 Å². The molecule has 0 bridgehead atoms. The number of carbonyl (C=O) groups excluding carboxylic acids is 1. The van der Waals surface area contributed by atoms with Gasteiger partial charge in [0.15, 0.2) is 0 Å². The van der Waals surface area contributed by atoms with Crippen LogP contribution in [0.25, 0.3) is 11.3 Å². The Kier molecular flexibility index (Phi) is 5.14. The van der Waals surface area contributed by atoms with E-state index in [-0.39, 0.29) is 5.91 Å². The first-order valence-corrected chi connectivity index (χ1v) is 8.43. The van der Waals surface area contributed by atoms with E-state index in [0.29, 0.717) is 22.3 Å². The molecule has 0 spiro atoms. The monoisotopic (exact) mass is 400 g/mol. The van der Waals surface area contributed by atoms with E-state index in [1.807, 2.05) is 25.2 Å². The topological polar surface area (TPSA) is 69.0 Å². The quantitative estimate of drug-likeness (QED) is 0.713. The molecule has 0 aliphatic rings. The van der Waals surface area contributed by atoms with Crippen molar-refractivity contribution in [3.63, 3.8) is 0 Å². The molecule has 0 atom stereocenters. The van der Waals surface area contributed by atoms with Crippen LogP contribution in [-0.4, -0.2) is 27.8 Å². The molecule has 0 radical (unpaired) electrons. The van der Waals surface area contributed by atoms with Crippen molar-refractivity contribution in [3.05, 3.63) is 64.5 Å². The number of carbonyl (C=O) groups is 1. The molecule has 3 rings (SSSR count). The van der Waals surface area contributed by atoms with Crippen molar-refractivity contribution in [2.75, 3.05) is 7.11 Å². The number of benzene rings is 1. The highest BCUT2D eigenvalue weighted by atomic mass is 79.9. The minimum atomic E-state index is -0.185. The first-order chi connectivity index (χ1) is 12.1. The number of aryl methyl sites for hydroxylation is 1. The zero-order chi connectivity index (χ0) is 17.8. The Morgan fingerprint density at radius 1 is 1.32 bits per heavy atom. The van der Waals surface area contributed by atoms with Gasteiger partial charge in [0.1, 0.15) is 5.75 Å². The second-order valence-corrected chi connectivity index (χ2v) is 6.27. The summed E-state index contributed by atoms with van der Waals surface area (Å²) in [5, 5.41) is 7.38. The molecule has 1 amide bonds. The van der Waals surface area contributed by atoms with Crippen molar-refractivity contribution in [3.8, 4) is 17.0 Å². The lowest BCUT2D eigenvalue weighted by Gasteiger charge is -2.08. The third kappa shape index (κ3) is 3.88. The van der Waals surface area contributed by atoms with Crippen LogP contribution < -0.4 is 10.1 Å². The van der Waals surface area contributed by atoms with Crippen LogP contribution in [0.4, 0.5) is 0 Å². The van der Waals surface area contributed by atoms with Crippen LogP contribution in [0.5, 0.6) is 5.75 Å². The number of hydrogen-bond donors (Lipinski definition) is 1. The molecular formula is C18H17BrN4O2. The summed E-state index contributed by atoms with van der Waals surface area (Å²) in [6.45, 7) is 0.367. The predicted octanol–water partition coefficient (Wildman–Crippen LogP) is 3.18. The van der Waals surface area contributed by atoms with Crippen LogP contribution in [0.15, 0.2) is 53.3 Å². The molecule has 1 aromatic carbocycles. The fourth-order valence-corrected chi connectivity index (χ4v) is 2.82. The summed E-state index contributed by atoms with van der Waals surface area (Å²) in [5.41, 5.74) is 3.17. The summed E-state index contributed by atoms with van der Waals surface area (Å²) in [5.74, 6) is 0.447. The summed E-state index contributed by atoms with van der Waals surface area (Å²) < 4.78 is 7.64. The Labute approximate surface area is 154 Å². The number of halogens is 1. The molecule has 128 valence electrons. The number of ether oxygens (including phenoxy) is 1. The Morgan fingerprint density at radius 2 is 2.16 bits per heavy atom. The van der Waals surface area contributed by atoms with Gasteiger partial charge in [0.2, 0.25) is 0 Å². The van der Waals surface area contributed by atoms with Gasteiger partial charge in [-0.05, 0) is 52.3 Å². The van der Waals surface area contributed by atoms with Gasteiger partial charge in [0.05, 0.1) is 30.6 Å². The molecule has 6 nitrogen and oxygen atoms in total. The second kappa shape index (κ2) is 7.48. The number of nitrogens with one attached hydrogen (secondary N) is 1. The van der Waals surface area contributed by atoms with Crippen LogP contribution in [0.3, 0.4) is 0 Å². The van der Waals surface area contributed by atoms with Gasteiger partial charge < -0.3 is 10.1 Å². The summed E-state index contributed by atoms with van der Waals surface area (Å²) >= 11 is 3.39. The standard InChI is InChI=1S/C18H17BrN4O2/c1-23-13(8-17(22-23)12-4-3-7-20-10-12)11-21-18(24)15-9-14(25-2)5-6-16(15)19/h3-10H,11H2,1-2H3,(H,21,24). The maximum absolute atomic E-state index is 12.5. The lowest BCUT2D eigenvalue weighted by molar-refractivity contribution is 0.0949. The normalized spacial score (nSPS) is 10.5. The van der Waals surface area contributed by atoms with Crippen LogP contribution in [0, 0.1) is 0 Å². The van der Waals surface area contributed by atoms with E-state index >= 15 is 0 Å². The van der Waals surface area contributed by atoms with E-state index in [4.69, 9.17) is 4.74 Å². The zero-order valence-corrected chi connectivity index (χ0v) is 15.4. The summed E-state index contributed by atoms with van der Waals surface area (Å²) in [6, 6.07) is 11.0. The minimum Gasteiger partial charge on any atom is -0.497 e. The van der Waals surface area contributed by atoms with Crippen molar-refractivity contribution < 1.29 is 9.53 Å². The van der Waals surface area contributed by atoms with Gasteiger partial charge in [0.25, 0.3) is 5.91 Å². The van der Waals surface area contributed by atoms with Gasteiger partial charge >= 0.3 is 0 Å². The Morgan fingerprint density at radius 3 is 2.88 bits per heavy atom. The largest absolute Gasteiger partial charge is 0.497 e. The molecule has 0 aliphatic heterocycles. The Hall–Kier alpha value is -2.67. The van der Waals surface area contributed by atoms with Crippen molar-refractivity contribution in [2.24, 2.45) is 7.05 Å². The highest BCUT2D eigenvalue weighted by Crippen LogP contribution is 2.23. The summed E-state index contributed by atoms with van der Waals surface area (Å²) in [7, 11) is 3.42. The number of hydrogen-bond acceptors (Lipinski definition) is 4. The third-order valence-corrected chi connectivity index (χ3v) is 4.47. The van der Waals surface area contributed by atoms with Gasteiger partial charge in [-0.1, -0.05) is 0 Å². The fourth-order valence-electron chi connectivity index (χ4n) is 2.40. The van der Waals surface area contributed by atoms with Crippen LogP contribution in [0.1, 0.15) is 16.1 Å². The molecule has 2 heterocycles. The molecule has 2 aromatic heterocycles. The van der Waals surface area contributed by atoms with Gasteiger partial charge in [-0.2, -0.15) is 5.10 Å². The maximum atomic E-state index is 12.5. The lowest BCUT2D eigenvalue weighted by atomic mass is 10.2. The van der Waals surface area contributed by atoms with E-state index in [2.05, 4.69) is 31.3 Å². The van der Waals surface area contributed by atoms with Crippen molar-refractivity contribution in [2.45, 2.75) is 6.54 Å². The molecule has 0 aliphatic carbocycles. The first-order valence-electron chi connectivity index (χ1n) is 7.63. The average molecular weight is 401 g/mol. The predicted molar refractivity (Wildman–Crippen MR) is 98.3 cm³/mol. The van der Waals surface area contributed by atoms with E-state index < -0.39 is 0 Å². The van der Waals surface area contributed by atoms with Crippen molar-refractivity contribution >= 4 is 21.8 Å². The molecule has 0 saturated heterocycles. The highest BCUT2D eigenvalue weighted by molar-refractivity contribution is 9.10. The molecular weight excluding hydrogens is 384 g/mol. The van der Waals surface area contributed by atoms with Gasteiger partial charge in [-0.25, -0.2) is 0 Å². The SMILES string of the molecule is COc1ccc(Br)c(C(=O)NCc2cc(-c3cccnc3)nn2C)c1. The van der Waals surface area contributed by atoms with E-state index in [0.717, 1.165) is 17.0 Å².